The van der Waals surface area contributed by atoms with Crippen LogP contribution in [0, 0.1) is 17.8 Å². The van der Waals surface area contributed by atoms with Crippen LogP contribution < -0.4 is 0 Å². The van der Waals surface area contributed by atoms with E-state index in [-0.39, 0.29) is 25.0 Å². The predicted molar refractivity (Wildman–Crippen MR) is 90.1 cm³/mol. The van der Waals surface area contributed by atoms with Gasteiger partial charge in [0.15, 0.2) is 0 Å². The lowest BCUT2D eigenvalue weighted by atomic mass is 9.71. The lowest BCUT2D eigenvalue weighted by Gasteiger charge is -2.35. The summed E-state index contributed by atoms with van der Waals surface area (Å²) in [6, 6.07) is 0. The van der Waals surface area contributed by atoms with E-state index in [0.29, 0.717) is 5.92 Å². The van der Waals surface area contributed by atoms with Crippen LogP contribution in [0.2, 0.25) is 0 Å². The van der Waals surface area contributed by atoms with Gasteiger partial charge in [0, 0.05) is 13.2 Å². The maximum atomic E-state index is 9.68. The number of rotatable bonds is 7. The van der Waals surface area contributed by atoms with Crippen LogP contribution in [0.25, 0.3) is 0 Å². The first kappa shape index (κ1) is 18.2. The van der Waals surface area contributed by atoms with Crippen LogP contribution in [0.5, 0.6) is 0 Å². The Morgan fingerprint density at radius 3 is 2.48 bits per heavy atom. The Kier molecular flexibility index (Phi) is 7.98. The van der Waals surface area contributed by atoms with Crippen molar-refractivity contribution in [1.82, 2.24) is 0 Å². The lowest BCUT2D eigenvalue weighted by molar-refractivity contribution is 0.0844. The molecule has 0 aromatic rings. The Hall–Kier alpha value is -0.860. The molecule has 0 amide bonds. The van der Waals surface area contributed by atoms with Gasteiger partial charge in [-0.3, -0.25) is 0 Å². The van der Waals surface area contributed by atoms with Crippen molar-refractivity contribution in [1.29, 1.82) is 0 Å². The minimum atomic E-state index is 0.172. The summed E-state index contributed by atoms with van der Waals surface area (Å²) in [6.07, 6.45) is 10.9. The number of hydrogen-bond donors (Lipinski definition) is 2. The van der Waals surface area contributed by atoms with E-state index in [1.165, 1.54) is 16.7 Å². The van der Waals surface area contributed by atoms with Crippen molar-refractivity contribution < 1.29 is 10.2 Å². The molecule has 21 heavy (non-hydrogen) atoms. The molecule has 1 rings (SSSR count). The molecule has 2 nitrogen and oxygen atoms in total. The second kappa shape index (κ2) is 9.22. The fraction of sp³-hybridized carbons (Fsp3) is 0.684. The normalized spacial score (nSPS) is 26.5. The van der Waals surface area contributed by atoms with E-state index in [4.69, 9.17) is 0 Å². The highest BCUT2D eigenvalue weighted by Gasteiger charge is 2.31. The monoisotopic (exact) mass is 292 g/mol. The average molecular weight is 292 g/mol. The topological polar surface area (TPSA) is 40.5 Å². The van der Waals surface area contributed by atoms with Gasteiger partial charge in [-0.05, 0) is 71.1 Å². The summed E-state index contributed by atoms with van der Waals surface area (Å²) in [6.45, 7) is 8.97. The molecule has 0 saturated heterocycles. The second-order valence-corrected chi connectivity index (χ2v) is 6.69. The van der Waals surface area contributed by atoms with Crippen LogP contribution >= 0.6 is 0 Å². The Morgan fingerprint density at radius 2 is 1.90 bits per heavy atom. The predicted octanol–water partition coefficient (Wildman–Crippen LogP) is 4.25. The molecule has 3 unspecified atom stereocenters. The fourth-order valence-corrected chi connectivity index (χ4v) is 3.20. The second-order valence-electron chi connectivity index (χ2n) is 6.69. The molecule has 1 aliphatic carbocycles. The maximum absolute atomic E-state index is 9.68. The van der Waals surface area contributed by atoms with Gasteiger partial charge in [0.05, 0.1) is 0 Å². The van der Waals surface area contributed by atoms with Gasteiger partial charge in [-0.2, -0.15) is 0 Å². The van der Waals surface area contributed by atoms with Crippen molar-refractivity contribution in [3.05, 3.63) is 34.9 Å². The van der Waals surface area contributed by atoms with Gasteiger partial charge in [0.1, 0.15) is 0 Å². The van der Waals surface area contributed by atoms with E-state index in [0.717, 1.165) is 25.7 Å². The Bertz CT molecular complexity index is 400. The number of aliphatic hydroxyl groups is 2. The summed E-state index contributed by atoms with van der Waals surface area (Å²) in [5.74, 6) is 0.782. The largest absolute Gasteiger partial charge is 0.396 e. The smallest absolute Gasteiger partial charge is 0.0468 e. The summed E-state index contributed by atoms with van der Waals surface area (Å²) in [5, 5.41) is 19.2. The maximum Gasteiger partial charge on any atom is 0.0468 e. The van der Waals surface area contributed by atoms with E-state index < -0.39 is 0 Å². The third-order valence-corrected chi connectivity index (χ3v) is 4.71. The van der Waals surface area contributed by atoms with Crippen LogP contribution in [0.15, 0.2) is 34.9 Å². The zero-order valence-corrected chi connectivity index (χ0v) is 14.1. The molecule has 0 fully saturated rings. The third-order valence-electron chi connectivity index (χ3n) is 4.71. The van der Waals surface area contributed by atoms with Crippen molar-refractivity contribution in [3.63, 3.8) is 0 Å². The zero-order valence-electron chi connectivity index (χ0n) is 14.1. The molecule has 0 bridgehead atoms. The van der Waals surface area contributed by atoms with Gasteiger partial charge in [-0.25, -0.2) is 0 Å². The molecule has 0 saturated carbocycles. The fourth-order valence-electron chi connectivity index (χ4n) is 3.20. The molecule has 0 spiro atoms. The van der Waals surface area contributed by atoms with Gasteiger partial charge < -0.3 is 10.2 Å². The Morgan fingerprint density at radius 1 is 1.19 bits per heavy atom. The third kappa shape index (κ3) is 5.80. The van der Waals surface area contributed by atoms with E-state index >= 15 is 0 Å². The minimum Gasteiger partial charge on any atom is -0.396 e. The van der Waals surface area contributed by atoms with Crippen molar-refractivity contribution in [2.24, 2.45) is 17.8 Å². The standard InChI is InChI=1S/C19H32O2/c1-14(2)6-5-7-15(3)8-11-18-16(4)9-10-17(12-20)19(18)13-21/h6,8-9,17-21H,5,7,10-13H2,1-4H3. The first-order valence-electron chi connectivity index (χ1n) is 8.17. The van der Waals surface area contributed by atoms with Gasteiger partial charge in [0.2, 0.25) is 0 Å². The first-order chi connectivity index (χ1) is 9.99. The lowest BCUT2D eigenvalue weighted by Crippen LogP contribution is -2.32. The molecule has 120 valence electrons. The molecule has 0 aromatic carbocycles. The highest BCUT2D eigenvalue weighted by atomic mass is 16.3. The minimum absolute atomic E-state index is 0.172. The van der Waals surface area contributed by atoms with Crippen LogP contribution in [-0.2, 0) is 0 Å². The molecule has 1 aliphatic rings. The van der Waals surface area contributed by atoms with Gasteiger partial charge >= 0.3 is 0 Å². The highest BCUT2D eigenvalue weighted by Crippen LogP contribution is 2.37. The van der Waals surface area contributed by atoms with Crippen LogP contribution in [-0.4, -0.2) is 23.4 Å². The first-order valence-corrected chi connectivity index (χ1v) is 8.17. The van der Waals surface area contributed by atoms with Crippen molar-refractivity contribution in [2.75, 3.05) is 13.2 Å². The quantitative estimate of drug-likeness (QED) is 0.689. The molecule has 0 aromatic heterocycles. The van der Waals surface area contributed by atoms with Crippen LogP contribution in [0.3, 0.4) is 0 Å². The molecule has 0 aliphatic heterocycles. The molecule has 2 N–H and O–H groups in total. The number of hydrogen-bond acceptors (Lipinski definition) is 2. The summed E-state index contributed by atoms with van der Waals surface area (Å²) >= 11 is 0. The summed E-state index contributed by atoms with van der Waals surface area (Å²) < 4.78 is 0. The molecule has 3 atom stereocenters. The number of aliphatic hydroxyl groups excluding tert-OH is 2. The van der Waals surface area contributed by atoms with E-state index in [1.807, 2.05) is 0 Å². The molecular weight excluding hydrogens is 260 g/mol. The van der Waals surface area contributed by atoms with E-state index in [9.17, 15) is 10.2 Å². The van der Waals surface area contributed by atoms with Crippen molar-refractivity contribution in [3.8, 4) is 0 Å². The van der Waals surface area contributed by atoms with Crippen LogP contribution in [0.4, 0.5) is 0 Å². The highest BCUT2D eigenvalue weighted by molar-refractivity contribution is 5.14. The van der Waals surface area contributed by atoms with Gasteiger partial charge in [0.25, 0.3) is 0 Å². The number of allylic oxidation sites excluding steroid dienone is 6. The van der Waals surface area contributed by atoms with E-state index in [1.54, 1.807) is 0 Å². The molecule has 2 heteroatoms. The molecule has 0 radical (unpaired) electrons. The Balaban J connectivity index is 2.63. The molecule has 0 heterocycles. The Labute approximate surface area is 130 Å². The zero-order chi connectivity index (χ0) is 15.8. The SMILES string of the molecule is CC(C)=CCCC(C)=CCC1C(C)=CCC(CO)C1CO. The summed E-state index contributed by atoms with van der Waals surface area (Å²) in [7, 11) is 0. The van der Waals surface area contributed by atoms with Crippen molar-refractivity contribution in [2.45, 2.75) is 53.4 Å². The van der Waals surface area contributed by atoms with Gasteiger partial charge in [-0.15, -0.1) is 0 Å². The van der Waals surface area contributed by atoms with E-state index in [2.05, 4.69) is 45.9 Å². The summed E-state index contributed by atoms with van der Waals surface area (Å²) in [4.78, 5) is 0. The molecular formula is C19H32O2. The van der Waals surface area contributed by atoms with Crippen molar-refractivity contribution >= 4 is 0 Å². The summed E-state index contributed by atoms with van der Waals surface area (Å²) in [5.41, 5.74) is 4.16. The van der Waals surface area contributed by atoms with Crippen LogP contribution in [0.1, 0.15) is 53.4 Å². The van der Waals surface area contributed by atoms with Gasteiger partial charge in [-0.1, -0.05) is 34.9 Å². The average Bonchev–Trinajstić information content (AvgIpc) is 2.45.